The Morgan fingerprint density at radius 1 is 0.317 bits per heavy atom. The smallest absolute Gasteiger partial charge is 0.306 e. The molecule has 0 spiro atoms. The van der Waals surface area contributed by atoms with Gasteiger partial charge in [-0.1, -0.05) is 197 Å². The van der Waals surface area contributed by atoms with E-state index in [9.17, 15) is 14.4 Å². The highest BCUT2D eigenvalue weighted by Gasteiger charge is 2.19. The maximum atomic E-state index is 12.8. The number of esters is 3. The fourth-order valence-electron chi connectivity index (χ4n) is 7.38. The molecule has 0 fully saturated rings. The first-order valence-corrected chi connectivity index (χ1v) is 26.8. The molecule has 0 aromatic carbocycles. The lowest BCUT2D eigenvalue weighted by molar-refractivity contribution is -0.167. The molecule has 0 saturated heterocycles. The minimum atomic E-state index is -0.790. The molecule has 0 aromatic rings. The molecular weight excluding hydrogens is 781 g/mol. The fourth-order valence-corrected chi connectivity index (χ4v) is 7.38. The van der Waals surface area contributed by atoms with E-state index in [0.717, 1.165) is 103 Å². The first-order chi connectivity index (χ1) is 31.0. The van der Waals surface area contributed by atoms with Gasteiger partial charge in [0.25, 0.3) is 0 Å². The highest BCUT2D eigenvalue weighted by atomic mass is 16.6. The average molecular weight is 881 g/mol. The number of ether oxygens (including phenoxy) is 3. The van der Waals surface area contributed by atoms with Crippen LogP contribution in [0.5, 0.6) is 0 Å². The van der Waals surface area contributed by atoms with Crippen LogP contribution in [-0.2, 0) is 28.6 Å². The van der Waals surface area contributed by atoms with E-state index in [1.165, 1.54) is 122 Å². The summed E-state index contributed by atoms with van der Waals surface area (Å²) < 4.78 is 16.8. The van der Waals surface area contributed by atoms with Crippen LogP contribution in [0.3, 0.4) is 0 Å². The van der Waals surface area contributed by atoms with Crippen LogP contribution >= 0.6 is 0 Å². The molecule has 0 rings (SSSR count). The molecule has 0 aliphatic carbocycles. The van der Waals surface area contributed by atoms with Gasteiger partial charge in [0.1, 0.15) is 13.2 Å². The number of unbranched alkanes of at least 4 members (excludes halogenated alkanes) is 27. The largest absolute Gasteiger partial charge is 0.462 e. The van der Waals surface area contributed by atoms with Crippen molar-refractivity contribution in [1.29, 1.82) is 0 Å². The Labute approximate surface area is 390 Å². The van der Waals surface area contributed by atoms with Crippen molar-refractivity contribution in [3.05, 3.63) is 60.8 Å². The maximum Gasteiger partial charge on any atom is 0.306 e. The van der Waals surface area contributed by atoms with Gasteiger partial charge < -0.3 is 14.2 Å². The van der Waals surface area contributed by atoms with Crippen molar-refractivity contribution in [2.45, 2.75) is 271 Å². The zero-order chi connectivity index (χ0) is 45.8. The molecule has 0 heterocycles. The molecule has 0 radical (unpaired) electrons. The molecule has 0 saturated carbocycles. The Bertz CT molecular complexity index is 1150. The zero-order valence-corrected chi connectivity index (χ0v) is 41.6. The average Bonchev–Trinajstić information content (AvgIpc) is 3.28. The van der Waals surface area contributed by atoms with Crippen LogP contribution in [0.2, 0.25) is 0 Å². The maximum absolute atomic E-state index is 12.8. The Morgan fingerprint density at radius 3 is 0.937 bits per heavy atom. The summed E-state index contributed by atoms with van der Waals surface area (Å²) in [6.07, 6.45) is 63.4. The van der Waals surface area contributed by atoms with Gasteiger partial charge in [0.2, 0.25) is 0 Å². The lowest BCUT2D eigenvalue weighted by Crippen LogP contribution is -2.30. The van der Waals surface area contributed by atoms with Gasteiger partial charge in [-0.2, -0.15) is 0 Å². The predicted molar refractivity (Wildman–Crippen MR) is 270 cm³/mol. The van der Waals surface area contributed by atoms with E-state index in [2.05, 4.69) is 81.5 Å². The van der Waals surface area contributed by atoms with Gasteiger partial charge in [-0.25, -0.2) is 0 Å². The van der Waals surface area contributed by atoms with Crippen LogP contribution < -0.4 is 0 Å². The predicted octanol–water partition coefficient (Wildman–Crippen LogP) is 17.6. The minimum Gasteiger partial charge on any atom is -0.462 e. The Kier molecular flexibility index (Phi) is 49.4. The highest BCUT2D eigenvalue weighted by molar-refractivity contribution is 5.71. The molecule has 0 aromatic heterocycles. The number of hydrogen-bond donors (Lipinski definition) is 0. The van der Waals surface area contributed by atoms with Crippen LogP contribution in [0.1, 0.15) is 265 Å². The summed E-state index contributed by atoms with van der Waals surface area (Å²) >= 11 is 0. The van der Waals surface area contributed by atoms with E-state index in [0.29, 0.717) is 19.3 Å². The van der Waals surface area contributed by atoms with Crippen molar-refractivity contribution >= 4 is 17.9 Å². The third kappa shape index (κ3) is 50.0. The number of allylic oxidation sites excluding steroid dienone is 10. The standard InChI is InChI=1S/C57H100O6/c1-4-7-10-13-16-19-22-25-27-29-31-32-35-38-41-44-47-50-56(59)62-53-54(52-61-55(58)49-46-43-40-37-34-24-21-18-15-12-9-6-3)63-57(60)51-48-45-42-39-36-33-30-28-26-23-20-17-14-11-8-5-2/h16,18-19,21,25,27-28,30-32,54H,4-15,17,20,22-24,26,29,33-53H2,1-3H3/b19-16-,21-18-,27-25-,30-28-,32-31-/t54-/m1/s1. The fraction of sp³-hybridized carbons (Fsp3) is 0.772. The van der Waals surface area contributed by atoms with Gasteiger partial charge in [0, 0.05) is 19.3 Å². The normalized spacial score (nSPS) is 12.5. The zero-order valence-electron chi connectivity index (χ0n) is 41.6. The summed E-state index contributed by atoms with van der Waals surface area (Å²) in [5.41, 5.74) is 0. The van der Waals surface area contributed by atoms with Crippen molar-refractivity contribution in [3.63, 3.8) is 0 Å². The Hall–Kier alpha value is -2.89. The number of carbonyl (C=O) groups is 3. The van der Waals surface area contributed by atoms with Gasteiger partial charge in [-0.3, -0.25) is 14.4 Å². The molecule has 0 bridgehead atoms. The number of carbonyl (C=O) groups excluding carboxylic acids is 3. The molecule has 364 valence electrons. The van der Waals surface area contributed by atoms with Gasteiger partial charge in [-0.15, -0.1) is 0 Å². The Balaban J connectivity index is 4.43. The SMILES string of the molecule is CCCCC/C=C\C/C=C\C/C=C\CCCCCCC(=O)OC[C@@H](COC(=O)CCCCCCC/C=C\CCCCC)OC(=O)CCCCCCC/C=C\CCCCCCCCC. The van der Waals surface area contributed by atoms with Crippen LogP contribution in [0.25, 0.3) is 0 Å². The second-order valence-corrected chi connectivity index (χ2v) is 17.8. The van der Waals surface area contributed by atoms with E-state index < -0.39 is 6.10 Å². The summed E-state index contributed by atoms with van der Waals surface area (Å²) in [6, 6.07) is 0. The van der Waals surface area contributed by atoms with Crippen molar-refractivity contribution in [2.75, 3.05) is 13.2 Å². The summed E-state index contributed by atoms with van der Waals surface area (Å²) in [6.45, 7) is 6.56. The van der Waals surface area contributed by atoms with E-state index in [-0.39, 0.29) is 31.1 Å². The summed E-state index contributed by atoms with van der Waals surface area (Å²) in [4.78, 5) is 38.0. The molecule has 0 N–H and O–H groups in total. The van der Waals surface area contributed by atoms with Crippen LogP contribution in [0.4, 0.5) is 0 Å². The van der Waals surface area contributed by atoms with Crippen LogP contribution in [0, 0.1) is 0 Å². The highest BCUT2D eigenvalue weighted by Crippen LogP contribution is 2.14. The first kappa shape index (κ1) is 60.1. The van der Waals surface area contributed by atoms with Gasteiger partial charge in [0.15, 0.2) is 6.10 Å². The van der Waals surface area contributed by atoms with E-state index in [1.807, 2.05) is 0 Å². The van der Waals surface area contributed by atoms with Crippen LogP contribution in [0.15, 0.2) is 60.8 Å². The summed E-state index contributed by atoms with van der Waals surface area (Å²) in [7, 11) is 0. The quantitative estimate of drug-likeness (QED) is 0.0262. The van der Waals surface area contributed by atoms with Gasteiger partial charge >= 0.3 is 17.9 Å². The lowest BCUT2D eigenvalue weighted by atomic mass is 10.1. The number of hydrogen-bond acceptors (Lipinski definition) is 6. The number of rotatable bonds is 48. The molecule has 6 heteroatoms. The molecule has 0 aliphatic heterocycles. The summed E-state index contributed by atoms with van der Waals surface area (Å²) in [5, 5.41) is 0. The lowest BCUT2D eigenvalue weighted by Gasteiger charge is -2.18. The molecular formula is C57H100O6. The monoisotopic (exact) mass is 881 g/mol. The second-order valence-electron chi connectivity index (χ2n) is 17.8. The van der Waals surface area contributed by atoms with Gasteiger partial charge in [0.05, 0.1) is 0 Å². The molecule has 1 atom stereocenters. The van der Waals surface area contributed by atoms with Crippen molar-refractivity contribution in [1.82, 2.24) is 0 Å². The third-order valence-electron chi connectivity index (χ3n) is 11.5. The molecule has 0 unspecified atom stereocenters. The van der Waals surface area contributed by atoms with Crippen molar-refractivity contribution < 1.29 is 28.6 Å². The molecule has 63 heavy (non-hydrogen) atoms. The van der Waals surface area contributed by atoms with Gasteiger partial charge in [-0.05, 0) is 109 Å². The van der Waals surface area contributed by atoms with E-state index in [1.54, 1.807) is 0 Å². The van der Waals surface area contributed by atoms with E-state index in [4.69, 9.17) is 14.2 Å². The molecule has 0 aliphatic rings. The molecule has 6 nitrogen and oxygen atoms in total. The molecule has 0 amide bonds. The van der Waals surface area contributed by atoms with Crippen LogP contribution in [-0.4, -0.2) is 37.2 Å². The van der Waals surface area contributed by atoms with Crippen molar-refractivity contribution in [2.24, 2.45) is 0 Å². The first-order valence-electron chi connectivity index (χ1n) is 26.8. The summed E-state index contributed by atoms with van der Waals surface area (Å²) in [5.74, 6) is -0.923. The third-order valence-corrected chi connectivity index (χ3v) is 11.5. The Morgan fingerprint density at radius 2 is 0.571 bits per heavy atom. The van der Waals surface area contributed by atoms with Crippen molar-refractivity contribution in [3.8, 4) is 0 Å². The second kappa shape index (κ2) is 51.7. The van der Waals surface area contributed by atoms with E-state index >= 15 is 0 Å². The topological polar surface area (TPSA) is 78.9 Å². The minimum absolute atomic E-state index is 0.0889.